The Morgan fingerprint density at radius 2 is 1.77 bits per heavy atom. The van der Waals surface area contributed by atoms with Crippen LogP contribution in [0.3, 0.4) is 0 Å². The van der Waals surface area contributed by atoms with Crippen molar-refractivity contribution in [2.45, 2.75) is 11.8 Å². The zero-order valence-corrected chi connectivity index (χ0v) is 8.84. The number of halogens is 3. The van der Waals surface area contributed by atoms with Crippen LogP contribution in [0.4, 0.5) is 3.89 Å². The first-order valence-corrected chi connectivity index (χ1v) is 5.36. The van der Waals surface area contributed by atoms with Crippen molar-refractivity contribution in [1.82, 2.24) is 0 Å². The van der Waals surface area contributed by atoms with E-state index in [0.717, 1.165) is 6.07 Å². The van der Waals surface area contributed by atoms with Crippen molar-refractivity contribution in [3.8, 4) is 0 Å². The Morgan fingerprint density at radius 1 is 1.23 bits per heavy atom. The highest BCUT2D eigenvalue weighted by Gasteiger charge is 2.17. The molecule has 1 aromatic rings. The first kappa shape index (κ1) is 10.8. The highest BCUT2D eigenvalue weighted by Crippen LogP contribution is 2.29. The van der Waals surface area contributed by atoms with E-state index in [1.54, 1.807) is 6.92 Å². The van der Waals surface area contributed by atoms with E-state index >= 15 is 0 Å². The second kappa shape index (κ2) is 3.44. The molecule has 0 spiro atoms. The molecule has 13 heavy (non-hydrogen) atoms. The minimum Gasteiger partial charge on any atom is -0.189 e. The molecule has 2 nitrogen and oxygen atoms in total. The average Bonchev–Trinajstić information content (AvgIpc) is 1.94. The maximum atomic E-state index is 12.5. The first-order chi connectivity index (χ1) is 5.82. The van der Waals surface area contributed by atoms with Crippen LogP contribution in [0.5, 0.6) is 0 Å². The fraction of sp³-hybridized carbons (Fsp3) is 0.143. The number of rotatable bonds is 1. The number of hydrogen-bond donors (Lipinski definition) is 0. The molecule has 0 saturated carbocycles. The molecular weight excluding hydrogens is 238 g/mol. The zero-order valence-electron chi connectivity index (χ0n) is 6.51. The normalized spacial score (nSPS) is 11.7. The summed E-state index contributed by atoms with van der Waals surface area (Å²) in [5, 5.41) is 0.00465. The van der Waals surface area contributed by atoms with Crippen molar-refractivity contribution in [1.29, 1.82) is 0 Å². The Hall–Kier alpha value is -0.320. The Kier molecular flexibility index (Phi) is 2.85. The summed E-state index contributed by atoms with van der Waals surface area (Å²) in [6.07, 6.45) is 0. The maximum Gasteiger partial charge on any atom is 0.333 e. The van der Waals surface area contributed by atoms with E-state index < -0.39 is 15.1 Å². The third-order valence-corrected chi connectivity index (χ3v) is 3.17. The molecule has 0 aliphatic rings. The fourth-order valence-electron chi connectivity index (χ4n) is 0.815. The van der Waals surface area contributed by atoms with E-state index in [9.17, 15) is 12.3 Å². The Bertz CT molecular complexity index is 442. The second-order valence-corrected chi connectivity index (χ2v) is 4.60. The van der Waals surface area contributed by atoms with Gasteiger partial charge in [0.25, 0.3) is 0 Å². The van der Waals surface area contributed by atoms with Gasteiger partial charge in [0.05, 0.1) is 5.02 Å². The van der Waals surface area contributed by atoms with E-state index in [1.165, 1.54) is 6.07 Å². The molecule has 1 rings (SSSR count). The van der Waals surface area contributed by atoms with Gasteiger partial charge < -0.3 is 0 Å². The van der Waals surface area contributed by atoms with Gasteiger partial charge in [-0.3, -0.25) is 0 Å². The first-order valence-electron chi connectivity index (χ1n) is 3.22. The Morgan fingerprint density at radius 3 is 2.23 bits per heavy atom. The van der Waals surface area contributed by atoms with E-state index in [2.05, 4.69) is 0 Å². The van der Waals surface area contributed by atoms with Crippen LogP contribution in [-0.2, 0) is 10.2 Å². The average molecular weight is 243 g/mol. The van der Waals surface area contributed by atoms with Gasteiger partial charge in [-0.2, -0.15) is 8.42 Å². The summed E-state index contributed by atoms with van der Waals surface area (Å²) in [5.41, 5.74) is 0.596. The fourth-order valence-corrected chi connectivity index (χ4v) is 2.09. The van der Waals surface area contributed by atoms with Gasteiger partial charge in [-0.15, -0.1) is 3.89 Å². The van der Waals surface area contributed by atoms with E-state index in [4.69, 9.17) is 23.2 Å². The topological polar surface area (TPSA) is 34.1 Å². The van der Waals surface area contributed by atoms with Crippen molar-refractivity contribution in [3.05, 3.63) is 27.7 Å². The highest BCUT2D eigenvalue weighted by atomic mass is 35.5. The Labute approximate surface area is 85.5 Å². The maximum absolute atomic E-state index is 12.5. The van der Waals surface area contributed by atoms with Crippen LogP contribution in [-0.4, -0.2) is 8.42 Å². The van der Waals surface area contributed by atoms with Crippen molar-refractivity contribution in [2.75, 3.05) is 0 Å². The van der Waals surface area contributed by atoms with Crippen LogP contribution in [0.15, 0.2) is 17.0 Å². The molecule has 0 atom stereocenters. The van der Waals surface area contributed by atoms with Gasteiger partial charge in [-0.25, -0.2) is 0 Å². The van der Waals surface area contributed by atoms with Gasteiger partial charge in [-0.1, -0.05) is 23.2 Å². The molecule has 6 heteroatoms. The smallest absolute Gasteiger partial charge is 0.189 e. The molecule has 0 radical (unpaired) electrons. The molecule has 0 unspecified atom stereocenters. The number of aryl methyl sites for hydroxylation is 1. The summed E-state index contributed by atoms with van der Waals surface area (Å²) < 4.78 is 33.5. The molecular formula is C7H5Cl2FO2S. The third-order valence-electron chi connectivity index (χ3n) is 1.48. The summed E-state index contributed by atoms with van der Waals surface area (Å²) in [7, 11) is -4.79. The summed E-state index contributed by atoms with van der Waals surface area (Å²) >= 11 is 11.1. The molecule has 0 fully saturated rings. The van der Waals surface area contributed by atoms with Gasteiger partial charge in [0.1, 0.15) is 4.90 Å². The molecule has 0 aromatic heterocycles. The van der Waals surface area contributed by atoms with Crippen LogP contribution in [0, 0.1) is 6.92 Å². The van der Waals surface area contributed by atoms with Crippen molar-refractivity contribution < 1.29 is 12.3 Å². The van der Waals surface area contributed by atoms with Gasteiger partial charge in [-0.05, 0) is 24.6 Å². The standard InChI is InChI=1S/C7H5Cl2FO2S/c1-4-2-6(9)7(3-5(4)8)13(10,11)12/h2-3H,1H3. The largest absolute Gasteiger partial charge is 0.333 e. The van der Waals surface area contributed by atoms with Crippen molar-refractivity contribution in [3.63, 3.8) is 0 Å². The number of benzene rings is 1. The minimum absolute atomic E-state index is 0.163. The lowest BCUT2D eigenvalue weighted by Crippen LogP contribution is -1.94. The summed E-state index contributed by atoms with van der Waals surface area (Å²) in [6, 6.07) is 2.30. The van der Waals surface area contributed by atoms with Gasteiger partial charge in [0.15, 0.2) is 0 Å². The van der Waals surface area contributed by atoms with Gasteiger partial charge in [0.2, 0.25) is 0 Å². The van der Waals surface area contributed by atoms with E-state index in [1.807, 2.05) is 0 Å². The summed E-state index contributed by atoms with van der Waals surface area (Å²) in [6.45, 7) is 1.64. The highest BCUT2D eigenvalue weighted by molar-refractivity contribution is 7.86. The van der Waals surface area contributed by atoms with Crippen LogP contribution < -0.4 is 0 Å². The summed E-state index contributed by atoms with van der Waals surface area (Å²) in [4.78, 5) is -0.593. The molecule has 0 bridgehead atoms. The van der Waals surface area contributed by atoms with E-state index in [-0.39, 0.29) is 10.0 Å². The Balaban J connectivity index is 3.50. The SMILES string of the molecule is Cc1cc(Cl)c(S(=O)(=O)F)cc1Cl. The van der Waals surface area contributed by atoms with Crippen LogP contribution in [0.2, 0.25) is 10.0 Å². The molecule has 0 amide bonds. The predicted octanol–water partition coefficient (Wildman–Crippen LogP) is 2.96. The lowest BCUT2D eigenvalue weighted by atomic mass is 10.2. The van der Waals surface area contributed by atoms with Crippen molar-refractivity contribution in [2.24, 2.45) is 0 Å². The minimum atomic E-state index is -4.79. The second-order valence-electron chi connectivity index (χ2n) is 2.47. The number of hydrogen-bond acceptors (Lipinski definition) is 2. The van der Waals surface area contributed by atoms with Crippen LogP contribution >= 0.6 is 23.2 Å². The predicted molar refractivity (Wildman–Crippen MR) is 49.5 cm³/mol. The molecule has 0 aliphatic heterocycles. The van der Waals surface area contributed by atoms with Gasteiger partial charge in [0, 0.05) is 5.02 Å². The third kappa shape index (κ3) is 2.33. The molecule has 0 aliphatic carbocycles. The lowest BCUT2D eigenvalue weighted by molar-refractivity contribution is 0.552. The van der Waals surface area contributed by atoms with Crippen molar-refractivity contribution >= 4 is 33.4 Å². The quantitative estimate of drug-likeness (QED) is 0.710. The zero-order chi connectivity index (χ0) is 10.2. The monoisotopic (exact) mass is 242 g/mol. The van der Waals surface area contributed by atoms with Gasteiger partial charge >= 0.3 is 10.2 Å². The molecule has 1 aromatic carbocycles. The van der Waals surface area contributed by atoms with Crippen LogP contribution in [0.25, 0.3) is 0 Å². The molecule has 0 N–H and O–H groups in total. The summed E-state index contributed by atoms with van der Waals surface area (Å²) in [5.74, 6) is 0. The molecule has 72 valence electrons. The lowest BCUT2D eigenvalue weighted by Gasteiger charge is -2.02. The van der Waals surface area contributed by atoms with Crippen LogP contribution in [0.1, 0.15) is 5.56 Å². The van der Waals surface area contributed by atoms with E-state index in [0.29, 0.717) is 5.56 Å². The molecule has 0 heterocycles. The molecule has 0 saturated heterocycles.